The van der Waals surface area contributed by atoms with E-state index in [-0.39, 0.29) is 11.4 Å². The van der Waals surface area contributed by atoms with Crippen LogP contribution in [-0.2, 0) is 16.0 Å². The number of methoxy groups -OCH3 is 1. The Hall–Kier alpha value is -0.720. The van der Waals surface area contributed by atoms with Gasteiger partial charge < -0.3 is 14.6 Å². The Morgan fingerprint density at radius 3 is 2.79 bits per heavy atom. The number of rotatable bonds is 4. The Kier molecular flexibility index (Phi) is 5.47. The van der Waals surface area contributed by atoms with Crippen LogP contribution in [0, 0.1) is 5.82 Å². The summed E-state index contributed by atoms with van der Waals surface area (Å²) < 4.78 is 25.1. The summed E-state index contributed by atoms with van der Waals surface area (Å²) in [5, 5.41) is 11.2. The molecule has 1 unspecified atom stereocenters. The van der Waals surface area contributed by atoms with Crippen molar-refractivity contribution in [3.8, 4) is 0 Å². The highest BCUT2D eigenvalue weighted by Gasteiger charge is 2.46. The van der Waals surface area contributed by atoms with Crippen molar-refractivity contribution in [1.82, 2.24) is 4.90 Å². The van der Waals surface area contributed by atoms with E-state index < -0.39 is 5.60 Å². The molecule has 2 aliphatic rings. The molecule has 1 spiro atoms. The minimum atomic E-state index is -0.797. The molecule has 0 saturated carbocycles. The van der Waals surface area contributed by atoms with E-state index in [9.17, 15) is 9.50 Å². The average Bonchev–Trinajstić information content (AvgIpc) is 2.53. The van der Waals surface area contributed by atoms with Crippen molar-refractivity contribution in [1.29, 1.82) is 0 Å². The number of aliphatic hydroxyl groups is 1. The van der Waals surface area contributed by atoms with Crippen LogP contribution in [0.3, 0.4) is 0 Å². The smallest absolute Gasteiger partial charge is 0.127 e. The third-order valence-electron chi connectivity index (χ3n) is 5.21. The van der Waals surface area contributed by atoms with E-state index >= 15 is 0 Å². The SMILES string of the molecule is COCC1(O)CCOC2(CCN(Cc3cc(Cl)ccc3F)CC2)C1. The Morgan fingerprint density at radius 2 is 2.08 bits per heavy atom. The van der Waals surface area contributed by atoms with Gasteiger partial charge in [0.1, 0.15) is 5.82 Å². The Morgan fingerprint density at radius 1 is 1.33 bits per heavy atom. The number of piperidine rings is 1. The maximum atomic E-state index is 13.9. The molecule has 1 aromatic carbocycles. The first-order chi connectivity index (χ1) is 11.4. The molecular formula is C18H25ClFNO3. The van der Waals surface area contributed by atoms with E-state index in [0.717, 1.165) is 25.9 Å². The van der Waals surface area contributed by atoms with Crippen LogP contribution >= 0.6 is 11.6 Å². The molecule has 1 aromatic rings. The van der Waals surface area contributed by atoms with Crippen LogP contribution < -0.4 is 0 Å². The molecule has 1 N–H and O–H groups in total. The summed E-state index contributed by atoms with van der Waals surface area (Å²) in [6.45, 7) is 3.08. The lowest BCUT2D eigenvalue weighted by atomic mass is 9.77. The summed E-state index contributed by atoms with van der Waals surface area (Å²) in [6, 6.07) is 4.67. The zero-order valence-electron chi connectivity index (χ0n) is 14.1. The van der Waals surface area contributed by atoms with Gasteiger partial charge >= 0.3 is 0 Å². The number of hydrogen-bond donors (Lipinski definition) is 1. The maximum Gasteiger partial charge on any atom is 0.127 e. The molecule has 3 rings (SSSR count). The van der Waals surface area contributed by atoms with E-state index in [1.54, 1.807) is 19.2 Å². The van der Waals surface area contributed by atoms with Crippen LogP contribution in [0.1, 0.15) is 31.2 Å². The predicted molar refractivity (Wildman–Crippen MR) is 90.7 cm³/mol. The lowest BCUT2D eigenvalue weighted by molar-refractivity contribution is -0.191. The molecule has 134 valence electrons. The fraction of sp³-hybridized carbons (Fsp3) is 0.667. The highest BCUT2D eigenvalue weighted by atomic mass is 35.5. The van der Waals surface area contributed by atoms with E-state index in [0.29, 0.717) is 43.2 Å². The minimum Gasteiger partial charge on any atom is -0.387 e. The molecule has 6 heteroatoms. The van der Waals surface area contributed by atoms with Crippen LogP contribution in [0.2, 0.25) is 5.02 Å². The van der Waals surface area contributed by atoms with Crippen molar-refractivity contribution in [2.45, 2.75) is 43.4 Å². The third-order valence-corrected chi connectivity index (χ3v) is 5.44. The highest BCUT2D eigenvalue weighted by molar-refractivity contribution is 6.30. The second kappa shape index (κ2) is 7.26. The number of halogens is 2. The van der Waals surface area contributed by atoms with Crippen LogP contribution in [0.15, 0.2) is 18.2 Å². The molecule has 2 fully saturated rings. The van der Waals surface area contributed by atoms with Gasteiger partial charge in [0, 0.05) is 50.2 Å². The van der Waals surface area contributed by atoms with Gasteiger partial charge in [-0.15, -0.1) is 0 Å². The van der Waals surface area contributed by atoms with E-state index in [4.69, 9.17) is 21.1 Å². The lowest BCUT2D eigenvalue weighted by Crippen LogP contribution is -2.55. The first kappa shape index (κ1) is 18.1. The predicted octanol–water partition coefficient (Wildman–Crippen LogP) is 3.00. The highest BCUT2D eigenvalue weighted by Crippen LogP contribution is 2.40. The summed E-state index contributed by atoms with van der Waals surface area (Å²) in [5.74, 6) is -0.219. The van der Waals surface area contributed by atoms with Crippen molar-refractivity contribution in [2.75, 3.05) is 33.4 Å². The summed E-state index contributed by atoms with van der Waals surface area (Å²) >= 11 is 5.97. The molecule has 1 atom stereocenters. The zero-order chi connectivity index (χ0) is 17.2. The molecule has 0 aromatic heterocycles. The molecule has 0 radical (unpaired) electrons. The van der Waals surface area contributed by atoms with E-state index in [1.807, 2.05) is 0 Å². The molecule has 2 aliphatic heterocycles. The van der Waals surface area contributed by atoms with Gasteiger partial charge in [0.25, 0.3) is 0 Å². The molecule has 0 aliphatic carbocycles. The van der Waals surface area contributed by atoms with Crippen LogP contribution in [-0.4, -0.2) is 54.6 Å². The minimum absolute atomic E-state index is 0.219. The van der Waals surface area contributed by atoms with Crippen molar-refractivity contribution in [3.63, 3.8) is 0 Å². The monoisotopic (exact) mass is 357 g/mol. The number of nitrogens with zero attached hydrogens (tertiary/aromatic N) is 1. The van der Waals surface area contributed by atoms with Crippen molar-refractivity contribution < 1.29 is 19.0 Å². The van der Waals surface area contributed by atoms with Gasteiger partial charge in [0.05, 0.1) is 24.4 Å². The van der Waals surface area contributed by atoms with Crippen molar-refractivity contribution >= 4 is 11.6 Å². The normalized spacial score (nSPS) is 27.5. The van der Waals surface area contributed by atoms with Crippen LogP contribution in [0.5, 0.6) is 0 Å². The third kappa shape index (κ3) is 4.09. The number of likely N-dealkylation sites (tertiary alicyclic amines) is 1. The Bertz CT molecular complexity index is 573. The van der Waals surface area contributed by atoms with Crippen LogP contribution in [0.25, 0.3) is 0 Å². The summed E-state index contributed by atoms with van der Waals surface area (Å²) in [5.41, 5.74) is -0.456. The fourth-order valence-corrected chi connectivity index (χ4v) is 4.13. The van der Waals surface area contributed by atoms with Gasteiger partial charge in [-0.1, -0.05) is 11.6 Å². The molecule has 4 nitrogen and oxygen atoms in total. The largest absolute Gasteiger partial charge is 0.387 e. The van der Waals surface area contributed by atoms with Gasteiger partial charge in [0.2, 0.25) is 0 Å². The quantitative estimate of drug-likeness (QED) is 0.899. The molecule has 2 saturated heterocycles. The number of benzene rings is 1. The summed E-state index contributed by atoms with van der Waals surface area (Å²) in [7, 11) is 1.61. The second-order valence-corrected chi connectivity index (χ2v) is 7.56. The topological polar surface area (TPSA) is 41.9 Å². The lowest BCUT2D eigenvalue weighted by Gasteiger charge is -2.49. The standard InChI is InChI=1S/C18H25ClFNO3/c1-23-13-17(22)6-9-24-18(12-17)4-7-21(8-5-18)11-14-10-15(19)2-3-16(14)20/h2-3,10,22H,4-9,11-13H2,1H3. The summed E-state index contributed by atoms with van der Waals surface area (Å²) in [6.07, 6.45) is 2.88. The van der Waals surface area contributed by atoms with Crippen molar-refractivity contribution in [3.05, 3.63) is 34.6 Å². The van der Waals surface area contributed by atoms with E-state index in [1.165, 1.54) is 6.07 Å². The number of ether oxygens (including phenoxy) is 2. The van der Waals surface area contributed by atoms with Gasteiger partial charge in [0.15, 0.2) is 0 Å². The van der Waals surface area contributed by atoms with Gasteiger partial charge in [-0.3, -0.25) is 4.90 Å². The average molecular weight is 358 g/mol. The molecular weight excluding hydrogens is 333 g/mol. The molecule has 0 bridgehead atoms. The summed E-state index contributed by atoms with van der Waals surface area (Å²) in [4.78, 5) is 2.22. The zero-order valence-corrected chi connectivity index (χ0v) is 14.8. The van der Waals surface area contributed by atoms with E-state index in [2.05, 4.69) is 4.90 Å². The van der Waals surface area contributed by atoms with Crippen molar-refractivity contribution in [2.24, 2.45) is 0 Å². The maximum absolute atomic E-state index is 13.9. The van der Waals surface area contributed by atoms with Crippen LogP contribution in [0.4, 0.5) is 4.39 Å². The van der Waals surface area contributed by atoms with Gasteiger partial charge in [-0.2, -0.15) is 0 Å². The first-order valence-electron chi connectivity index (χ1n) is 8.45. The molecule has 0 amide bonds. The van der Waals surface area contributed by atoms with Gasteiger partial charge in [-0.05, 0) is 31.0 Å². The Balaban J connectivity index is 1.60. The Labute approximate surface area is 147 Å². The first-order valence-corrected chi connectivity index (χ1v) is 8.83. The number of hydrogen-bond acceptors (Lipinski definition) is 4. The fourth-order valence-electron chi connectivity index (χ4n) is 3.93. The second-order valence-electron chi connectivity index (χ2n) is 7.13. The van der Waals surface area contributed by atoms with Gasteiger partial charge in [-0.25, -0.2) is 4.39 Å². The molecule has 24 heavy (non-hydrogen) atoms. The molecule has 2 heterocycles.